The fourth-order valence-electron chi connectivity index (χ4n) is 2.58. The van der Waals surface area contributed by atoms with Crippen LogP contribution in [0.25, 0.3) is 0 Å². The lowest BCUT2D eigenvalue weighted by atomic mass is 10.1. The fraction of sp³-hybridized carbons (Fsp3) is 0.429. The SMILES string of the molecule is Cc1cc(C(=O)NC(C)c2cccc(OCC(F)(F)F)c2)nc(CC(=O)C(C)C)n1. The third-order valence-corrected chi connectivity index (χ3v) is 4.22. The molecule has 1 amide bonds. The van der Waals surface area contributed by atoms with Crippen LogP contribution in [0.15, 0.2) is 30.3 Å². The first-order valence-electron chi connectivity index (χ1n) is 9.42. The molecule has 0 saturated heterocycles. The van der Waals surface area contributed by atoms with E-state index in [1.807, 2.05) is 0 Å². The number of aryl methyl sites for hydroxylation is 1. The van der Waals surface area contributed by atoms with E-state index in [2.05, 4.69) is 15.3 Å². The van der Waals surface area contributed by atoms with Gasteiger partial charge in [-0.05, 0) is 37.6 Å². The van der Waals surface area contributed by atoms with Gasteiger partial charge in [-0.2, -0.15) is 13.2 Å². The minimum absolute atomic E-state index is 0.0315. The zero-order chi connectivity index (χ0) is 22.5. The molecule has 30 heavy (non-hydrogen) atoms. The van der Waals surface area contributed by atoms with E-state index in [-0.39, 0.29) is 35.4 Å². The average molecular weight is 423 g/mol. The number of nitrogens with zero attached hydrogens (tertiary/aromatic N) is 2. The predicted molar refractivity (Wildman–Crippen MR) is 104 cm³/mol. The molecule has 0 spiro atoms. The Morgan fingerprint density at radius 1 is 1.13 bits per heavy atom. The Labute approximate surface area is 172 Å². The standard InChI is InChI=1S/C21H24F3N3O3/c1-12(2)18(28)10-19-25-13(3)8-17(27-19)20(29)26-14(4)15-6-5-7-16(9-15)30-11-21(22,23)24/h5-9,12,14H,10-11H2,1-4H3,(H,26,29). The lowest BCUT2D eigenvalue weighted by Crippen LogP contribution is -2.28. The molecule has 0 saturated carbocycles. The number of Topliss-reactive ketones (excluding diaryl/α,β-unsaturated/α-hetero) is 1. The van der Waals surface area contributed by atoms with Crippen LogP contribution in [-0.2, 0) is 11.2 Å². The zero-order valence-corrected chi connectivity index (χ0v) is 17.2. The van der Waals surface area contributed by atoms with E-state index in [1.165, 1.54) is 18.2 Å². The van der Waals surface area contributed by atoms with Crippen molar-refractivity contribution in [3.05, 3.63) is 53.1 Å². The number of aromatic nitrogens is 2. The second-order valence-electron chi connectivity index (χ2n) is 7.28. The van der Waals surface area contributed by atoms with E-state index < -0.39 is 24.7 Å². The maximum atomic E-state index is 12.6. The van der Waals surface area contributed by atoms with Crippen LogP contribution in [0.5, 0.6) is 5.75 Å². The van der Waals surface area contributed by atoms with E-state index in [9.17, 15) is 22.8 Å². The lowest BCUT2D eigenvalue weighted by molar-refractivity contribution is -0.153. The van der Waals surface area contributed by atoms with Gasteiger partial charge in [0.05, 0.1) is 12.5 Å². The number of ketones is 1. The Kier molecular flexibility index (Phi) is 7.53. The Bertz CT molecular complexity index is 914. The summed E-state index contributed by atoms with van der Waals surface area (Å²) in [6.07, 6.45) is -4.40. The molecule has 0 aliphatic rings. The summed E-state index contributed by atoms with van der Waals surface area (Å²) in [5.74, 6) is -0.352. The second-order valence-corrected chi connectivity index (χ2v) is 7.28. The first-order chi connectivity index (χ1) is 13.9. The summed E-state index contributed by atoms with van der Waals surface area (Å²) in [5, 5.41) is 2.75. The molecular weight excluding hydrogens is 399 g/mol. The smallest absolute Gasteiger partial charge is 0.422 e. The molecule has 2 rings (SSSR count). The van der Waals surface area contributed by atoms with Crippen LogP contribution >= 0.6 is 0 Å². The molecule has 2 aromatic rings. The molecule has 1 unspecified atom stereocenters. The molecule has 6 nitrogen and oxygen atoms in total. The van der Waals surface area contributed by atoms with Crippen molar-refractivity contribution in [3.63, 3.8) is 0 Å². The Balaban J connectivity index is 2.10. The lowest BCUT2D eigenvalue weighted by Gasteiger charge is -2.16. The van der Waals surface area contributed by atoms with Gasteiger partial charge >= 0.3 is 6.18 Å². The summed E-state index contributed by atoms with van der Waals surface area (Å²) in [5.41, 5.74) is 1.24. The largest absolute Gasteiger partial charge is 0.484 e. The Morgan fingerprint density at radius 2 is 1.83 bits per heavy atom. The average Bonchev–Trinajstić information content (AvgIpc) is 2.65. The number of carbonyl (C=O) groups is 2. The van der Waals surface area contributed by atoms with Crippen molar-refractivity contribution in [3.8, 4) is 5.75 Å². The quantitative estimate of drug-likeness (QED) is 0.695. The summed E-state index contributed by atoms with van der Waals surface area (Å²) in [6, 6.07) is 7.07. The van der Waals surface area contributed by atoms with Gasteiger partial charge in [-0.15, -0.1) is 0 Å². The zero-order valence-electron chi connectivity index (χ0n) is 17.2. The van der Waals surface area contributed by atoms with Crippen LogP contribution in [0, 0.1) is 12.8 Å². The van der Waals surface area contributed by atoms with Crippen LogP contribution in [0.3, 0.4) is 0 Å². The molecule has 1 aromatic heterocycles. The molecule has 1 N–H and O–H groups in total. The highest BCUT2D eigenvalue weighted by Crippen LogP contribution is 2.22. The van der Waals surface area contributed by atoms with Crippen LogP contribution in [0.2, 0.25) is 0 Å². The number of ether oxygens (including phenoxy) is 1. The normalized spacial score (nSPS) is 12.5. The van der Waals surface area contributed by atoms with Crippen LogP contribution in [0.1, 0.15) is 54.4 Å². The number of carbonyl (C=O) groups excluding carboxylic acids is 2. The summed E-state index contributed by atoms with van der Waals surface area (Å²) in [4.78, 5) is 33.0. The van der Waals surface area contributed by atoms with Crippen LogP contribution < -0.4 is 10.1 Å². The van der Waals surface area contributed by atoms with Gasteiger partial charge in [0.1, 0.15) is 23.1 Å². The molecule has 0 fully saturated rings. The van der Waals surface area contributed by atoms with E-state index in [4.69, 9.17) is 4.74 Å². The molecule has 1 atom stereocenters. The van der Waals surface area contributed by atoms with Gasteiger partial charge in [0.25, 0.3) is 5.91 Å². The Morgan fingerprint density at radius 3 is 2.47 bits per heavy atom. The molecule has 162 valence electrons. The van der Waals surface area contributed by atoms with Crippen molar-refractivity contribution >= 4 is 11.7 Å². The Hall–Kier alpha value is -2.97. The molecular formula is C21H24F3N3O3. The third-order valence-electron chi connectivity index (χ3n) is 4.22. The molecule has 0 aliphatic carbocycles. The number of hydrogen-bond donors (Lipinski definition) is 1. The van der Waals surface area contributed by atoms with Gasteiger partial charge in [-0.3, -0.25) is 9.59 Å². The summed E-state index contributed by atoms with van der Waals surface area (Å²) in [6.45, 7) is 5.56. The summed E-state index contributed by atoms with van der Waals surface area (Å²) in [7, 11) is 0. The minimum atomic E-state index is -4.44. The second kappa shape index (κ2) is 9.69. The van der Waals surface area contributed by atoms with Crippen molar-refractivity contribution in [1.82, 2.24) is 15.3 Å². The van der Waals surface area contributed by atoms with Crippen molar-refractivity contribution in [2.75, 3.05) is 6.61 Å². The molecule has 0 radical (unpaired) electrons. The van der Waals surface area contributed by atoms with Crippen LogP contribution in [0.4, 0.5) is 13.2 Å². The molecule has 0 aliphatic heterocycles. The molecule has 1 aromatic carbocycles. The first-order valence-corrected chi connectivity index (χ1v) is 9.42. The minimum Gasteiger partial charge on any atom is -0.484 e. The summed E-state index contributed by atoms with van der Waals surface area (Å²) < 4.78 is 41.7. The first kappa shape index (κ1) is 23.3. The number of halogens is 3. The number of amides is 1. The highest BCUT2D eigenvalue weighted by Gasteiger charge is 2.28. The summed E-state index contributed by atoms with van der Waals surface area (Å²) >= 11 is 0. The highest BCUT2D eigenvalue weighted by molar-refractivity contribution is 5.92. The number of rotatable bonds is 8. The molecule has 1 heterocycles. The maximum absolute atomic E-state index is 12.6. The van der Waals surface area contributed by atoms with Gasteiger partial charge in [0.15, 0.2) is 6.61 Å². The van der Waals surface area contributed by atoms with Gasteiger partial charge in [0.2, 0.25) is 0 Å². The van der Waals surface area contributed by atoms with Gasteiger partial charge in [-0.1, -0.05) is 26.0 Å². The van der Waals surface area contributed by atoms with Crippen LogP contribution in [-0.4, -0.2) is 34.4 Å². The maximum Gasteiger partial charge on any atom is 0.422 e. The molecule has 9 heteroatoms. The van der Waals surface area contributed by atoms with Gasteiger partial charge in [0, 0.05) is 11.6 Å². The van der Waals surface area contributed by atoms with E-state index >= 15 is 0 Å². The third kappa shape index (κ3) is 7.13. The van der Waals surface area contributed by atoms with E-state index in [0.29, 0.717) is 11.3 Å². The number of hydrogen-bond acceptors (Lipinski definition) is 5. The van der Waals surface area contributed by atoms with Gasteiger partial charge in [-0.25, -0.2) is 9.97 Å². The highest BCUT2D eigenvalue weighted by atomic mass is 19.4. The van der Waals surface area contributed by atoms with E-state index in [0.717, 1.165) is 0 Å². The topological polar surface area (TPSA) is 81.2 Å². The van der Waals surface area contributed by atoms with E-state index in [1.54, 1.807) is 39.8 Å². The van der Waals surface area contributed by atoms with Crippen molar-refractivity contribution in [1.29, 1.82) is 0 Å². The number of benzene rings is 1. The van der Waals surface area contributed by atoms with Crippen molar-refractivity contribution in [2.24, 2.45) is 5.92 Å². The van der Waals surface area contributed by atoms with Crippen molar-refractivity contribution < 1.29 is 27.5 Å². The number of nitrogens with one attached hydrogen (secondary N) is 1. The fourth-order valence-corrected chi connectivity index (χ4v) is 2.58. The monoisotopic (exact) mass is 423 g/mol. The molecule has 0 bridgehead atoms. The predicted octanol–water partition coefficient (Wildman–Crippen LogP) is 3.98. The van der Waals surface area contributed by atoms with Crippen molar-refractivity contribution in [2.45, 2.75) is 46.3 Å². The van der Waals surface area contributed by atoms with Gasteiger partial charge < -0.3 is 10.1 Å². The number of alkyl halides is 3.